The number of fused-ring (bicyclic) bond motifs is 1. The lowest BCUT2D eigenvalue weighted by atomic mass is 10.2. The Morgan fingerprint density at radius 1 is 0.933 bits per heavy atom. The highest BCUT2D eigenvalue weighted by atomic mass is 32.2. The Morgan fingerprint density at radius 3 is 2.40 bits per heavy atom. The number of hydrogen-bond donors (Lipinski definition) is 1. The molecule has 1 aromatic heterocycles. The van der Waals surface area contributed by atoms with E-state index in [2.05, 4.69) is 9.97 Å². The van der Waals surface area contributed by atoms with Crippen LogP contribution in [0, 0.1) is 0 Å². The van der Waals surface area contributed by atoms with Gasteiger partial charge in [-0.05, 0) is 47.7 Å². The summed E-state index contributed by atoms with van der Waals surface area (Å²) in [5.41, 5.74) is 3.63. The van der Waals surface area contributed by atoms with Crippen molar-refractivity contribution < 1.29 is 4.79 Å². The topological polar surface area (TPSA) is 61.4 Å². The van der Waals surface area contributed by atoms with E-state index < -0.39 is 0 Å². The highest BCUT2D eigenvalue weighted by molar-refractivity contribution is 8.18. The lowest BCUT2D eigenvalue weighted by Crippen LogP contribution is -2.29. The van der Waals surface area contributed by atoms with Crippen molar-refractivity contribution in [1.82, 2.24) is 14.9 Å². The van der Waals surface area contributed by atoms with Crippen molar-refractivity contribution in [1.29, 1.82) is 0 Å². The first-order valence-electron chi connectivity index (χ1n) is 9.60. The molecular formula is C24H18N4OS. The van der Waals surface area contributed by atoms with Crippen LogP contribution in [0.2, 0.25) is 0 Å². The number of amidine groups is 1. The minimum absolute atomic E-state index is 0.0704. The Labute approximate surface area is 178 Å². The second-order valence-electron chi connectivity index (χ2n) is 6.84. The highest BCUT2D eigenvalue weighted by Crippen LogP contribution is 2.35. The van der Waals surface area contributed by atoms with Crippen molar-refractivity contribution in [2.75, 3.05) is 0 Å². The van der Waals surface area contributed by atoms with Gasteiger partial charge in [0.15, 0.2) is 5.17 Å². The van der Waals surface area contributed by atoms with E-state index in [4.69, 9.17) is 4.99 Å². The molecule has 0 atom stereocenters. The minimum atomic E-state index is -0.0704. The molecule has 1 N–H and O–H groups in total. The first-order valence-corrected chi connectivity index (χ1v) is 10.4. The van der Waals surface area contributed by atoms with Crippen LogP contribution >= 0.6 is 11.8 Å². The molecule has 0 spiro atoms. The minimum Gasteiger partial charge on any atom is -0.340 e. The van der Waals surface area contributed by atoms with Crippen LogP contribution in [0.15, 0.2) is 94.8 Å². The number of aromatic nitrogens is 2. The fraction of sp³-hybridized carbons (Fsp3) is 0.0417. The molecule has 6 heteroatoms. The first kappa shape index (κ1) is 18.4. The van der Waals surface area contributed by atoms with Gasteiger partial charge in [-0.3, -0.25) is 9.69 Å². The molecular weight excluding hydrogens is 392 g/mol. The molecule has 1 saturated heterocycles. The lowest BCUT2D eigenvalue weighted by Gasteiger charge is -2.13. The zero-order chi connectivity index (χ0) is 20.3. The van der Waals surface area contributed by atoms with Crippen LogP contribution in [0.5, 0.6) is 0 Å². The molecule has 4 aromatic rings. The number of para-hydroxylation sites is 3. The Bertz CT molecular complexity index is 1230. The molecule has 0 aliphatic carbocycles. The van der Waals surface area contributed by atoms with Crippen LogP contribution in [0.3, 0.4) is 0 Å². The highest BCUT2D eigenvalue weighted by Gasteiger charge is 2.34. The number of amides is 1. The van der Waals surface area contributed by atoms with Crippen molar-refractivity contribution >= 4 is 45.6 Å². The van der Waals surface area contributed by atoms with E-state index in [0.717, 1.165) is 28.1 Å². The number of aliphatic imine (C=N–C) groups is 1. The summed E-state index contributed by atoms with van der Waals surface area (Å²) in [7, 11) is 0. The van der Waals surface area contributed by atoms with Gasteiger partial charge in [0.05, 0.1) is 28.2 Å². The summed E-state index contributed by atoms with van der Waals surface area (Å²) in [6.45, 7) is 0.332. The number of benzene rings is 3. The predicted octanol–water partition coefficient (Wildman–Crippen LogP) is 5.37. The third-order valence-corrected chi connectivity index (χ3v) is 5.72. The molecule has 3 aromatic carbocycles. The molecule has 1 fully saturated rings. The Balaban J connectivity index is 1.51. The number of H-pyrrole nitrogens is 1. The van der Waals surface area contributed by atoms with Crippen LogP contribution in [0.1, 0.15) is 11.4 Å². The van der Waals surface area contributed by atoms with Gasteiger partial charge in [-0.2, -0.15) is 0 Å². The second-order valence-corrected chi connectivity index (χ2v) is 7.85. The number of nitrogens with one attached hydrogen (secondary N) is 1. The number of carbonyl (C=O) groups is 1. The summed E-state index contributed by atoms with van der Waals surface area (Å²) < 4.78 is 0. The molecule has 5 rings (SSSR count). The third kappa shape index (κ3) is 3.77. The average Bonchev–Trinajstić information content (AvgIpc) is 3.31. The molecule has 146 valence electrons. The summed E-state index contributed by atoms with van der Waals surface area (Å²) in [6, 6.07) is 27.4. The summed E-state index contributed by atoms with van der Waals surface area (Å²) in [6.07, 6.45) is 1.91. The molecule has 1 aliphatic rings. The maximum absolute atomic E-state index is 13.2. The number of aromatic amines is 1. The van der Waals surface area contributed by atoms with Crippen molar-refractivity contribution in [3.8, 4) is 0 Å². The number of carbonyl (C=O) groups excluding carboxylic acids is 1. The molecule has 0 bridgehead atoms. The maximum Gasteiger partial charge on any atom is 0.267 e. The maximum atomic E-state index is 13.2. The van der Waals surface area contributed by atoms with Crippen molar-refractivity contribution in [2.24, 2.45) is 4.99 Å². The van der Waals surface area contributed by atoms with E-state index in [-0.39, 0.29) is 5.91 Å². The van der Waals surface area contributed by atoms with E-state index in [1.807, 2.05) is 91.0 Å². The quantitative estimate of drug-likeness (QED) is 0.460. The summed E-state index contributed by atoms with van der Waals surface area (Å²) >= 11 is 1.39. The molecule has 2 heterocycles. The van der Waals surface area contributed by atoms with Crippen molar-refractivity contribution in [3.63, 3.8) is 0 Å². The van der Waals surface area contributed by atoms with E-state index in [1.165, 1.54) is 11.8 Å². The number of thioether (sulfide) groups is 1. The van der Waals surface area contributed by atoms with Crippen LogP contribution in [-0.2, 0) is 11.3 Å². The molecule has 0 saturated carbocycles. The average molecular weight is 411 g/mol. The van der Waals surface area contributed by atoms with Crippen molar-refractivity contribution in [3.05, 3.63) is 101 Å². The fourth-order valence-electron chi connectivity index (χ4n) is 3.27. The molecule has 0 radical (unpaired) electrons. The summed E-state index contributed by atoms with van der Waals surface area (Å²) in [4.78, 5) is 28.2. The Hall–Kier alpha value is -3.64. The van der Waals surface area contributed by atoms with Crippen molar-refractivity contribution in [2.45, 2.75) is 6.54 Å². The molecule has 1 aliphatic heterocycles. The van der Waals surface area contributed by atoms with Gasteiger partial charge < -0.3 is 4.98 Å². The normalized spacial score (nSPS) is 16.8. The number of rotatable bonds is 4. The van der Waals surface area contributed by atoms with Crippen LogP contribution in [-0.4, -0.2) is 25.9 Å². The van der Waals surface area contributed by atoms with Crippen LogP contribution in [0.25, 0.3) is 17.1 Å². The van der Waals surface area contributed by atoms with Gasteiger partial charge >= 0.3 is 0 Å². The Morgan fingerprint density at radius 2 is 1.63 bits per heavy atom. The Kier molecular flexibility index (Phi) is 4.91. The smallest absolute Gasteiger partial charge is 0.267 e. The zero-order valence-electron chi connectivity index (χ0n) is 16.0. The second kappa shape index (κ2) is 8.00. The largest absolute Gasteiger partial charge is 0.340 e. The fourth-order valence-corrected chi connectivity index (χ4v) is 4.27. The van der Waals surface area contributed by atoms with E-state index in [1.54, 1.807) is 4.90 Å². The SMILES string of the molecule is O=C1/C(=C/c2ccccc2)SC(=Nc2ccccc2)N1Cc1nc2ccccc2[nH]1. The first-order chi connectivity index (χ1) is 14.8. The van der Waals surface area contributed by atoms with Crippen LogP contribution < -0.4 is 0 Å². The summed E-state index contributed by atoms with van der Waals surface area (Å²) in [5.74, 6) is 0.658. The van der Waals surface area contributed by atoms with Gasteiger partial charge in [-0.15, -0.1) is 0 Å². The zero-order valence-corrected chi connectivity index (χ0v) is 16.8. The number of hydrogen-bond acceptors (Lipinski definition) is 4. The molecule has 1 amide bonds. The third-order valence-electron chi connectivity index (χ3n) is 4.71. The standard InChI is InChI=1S/C24H18N4OS/c29-23-21(15-17-9-3-1-4-10-17)30-24(25-18-11-5-2-6-12-18)28(23)16-22-26-19-13-7-8-14-20(19)27-22/h1-15H,16H2,(H,26,27)/b21-15-,25-24?. The van der Waals surface area contributed by atoms with Gasteiger partial charge in [0, 0.05) is 0 Å². The van der Waals surface area contributed by atoms with E-state index >= 15 is 0 Å². The van der Waals surface area contributed by atoms with Gasteiger partial charge in [0.2, 0.25) is 0 Å². The van der Waals surface area contributed by atoms with Gasteiger partial charge in [-0.25, -0.2) is 9.98 Å². The van der Waals surface area contributed by atoms with Crippen LogP contribution in [0.4, 0.5) is 5.69 Å². The van der Waals surface area contributed by atoms with E-state index in [9.17, 15) is 4.79 Å². The number of imidazole rings is 1. The van der Waals surface area contributed by atoms with Gasteiger partial charge in [0.25, 0.3) is 5.91 Å². The lowest BCUT2D eigenvalue weighted by molar-refractivity contribution is -0.122. The molecule has 0 unspecified atom stereocenters. The monoisotopic (exact) mass is 410 g/mol. The van der Waals surface area contributed by atoms with E-state index in [0.29, 0.717) is 16.6 Å². The molecule has 30 heavy (non-hydrogen) atoms. The van der Waals surface area contributed by atoms with Gasteiger partial charge in [-0.1, -0.05) is 60.7 Å². The summed E-state index contributed by atoms with van der Waals surface area (Å²) in [5, 5.41) is 0.647. The molecule has 5 nitrogen and oxygen atoms in total. The number of nitrogens with zero attached hydrogens (tertiary/aromatic N) is 3. The van der Waals surface area contributed by atoms with Gasteiger partial charge in [0.1, 0.15) is 5.82 Å². The predicted molar refractivity (Wildman–Crippen MR) is 122 cm³/mol.